The molecule has 17 heavy (non-hydrogen) atoms. The highest BCUT2D eigenvalue weighted by Gasteiger charge is 2.27. The zero-order chi connectivity index (χ0) is 13.2. The summed E-state index contributed by atoms with van der Waals surface area (Å²) in [5.74, 6) is -1.22. The molecule has 0 fully saturated rings. The summed E-state index contributed by atoms with van der Waals surface area (Å²) < 4.78 is 23.0. The van der Waals surface area contributed by atoms with E-state index >= 15 is 0 Å². The summed E-state index contributed by atoms with van der Waals surface area (Å²) in [6.45, 7) is 1.61. The van der Waals surface area contributed by atoms with Gasteiger partial charge in [-0.15, -0.1) is 0 Å². The van der Waals surface area contributed by atoms with Crippen molar-refractivity contribution >= 4 is 21.9 Å². The highest BCUT2D eigenvalue weighted by Crippen LogP contribution is 2.37. The molecule has 1 N–H and O–H groups in total. The summed E-state index contributed by atoms with van der Waals surface area (Å²) in [6.07, 6.45) is -1.60. The number of methoxy groups -OCH3 is 2. The number of halogens is 2. The average Bonchev–Trinajstić information content (AvgIpc) is 2.31. The lowest BCUT2D eigenvalue weighted by Gasteiger charge is -2.17. The Morgan fingerprint density at radius 1 is 1.53 bits per heavy atom. The molecule has 0 aliphatic heterocycles. The van der Waals surface area contributed by atoms with Crippen LogP contribution in [-0.4, -0.2) is 25.3 Å². The molecule has 0 aliphatic rings. The molecule has 0 bridgehead atoms. The maximum atomic E-state index is 13.5. The first-order valence-corrected chi connectivity index (χ1v) is 5.51. The predicted octanol–water partition coefficient (Wildman–Crippen LogP) is 2.11. The molecule has 0 aliphatic carbocycles. The molecule has 0 saturated carbocycles. The van der Waals surface area contributed by atoms with E-state index in [4.69, 9.17) is 4.74 Å². The molecule has 0 spiro atoms. The van der Waals surface area contributed by atoms with Gasteiger partial charge in [-0.1, -0.05) is 0 Å². The van der Waals surface area contributed by atoms with Crippen LogP contribution in [0.3, 0.4) is 0 Å². The summed E-state index contributed by atoms with van der Waals surface area (Å²) in [4.78, 5) is 11.3. The molecule has 0 amide bonds. The number of ether oxygens (including phenoxy) is 2. The van der Waals surface area contributed by atoms with Crippen LogP contribution in [0.4, 0.5) is 4.39 Å². The highest BCUT2D eigenvalue weighted by atomic mass is 79.9. The van der Waals surface area contributed by atoms with Crippen molar-refractivity contribution in [3.05, 3.63) is 27.5 Å². The quantitative estimate of drug-likeness (QED) is 0.869. The topological polar surface area (TPSA) is 55.8 Å². The normalized spacial score (nSPS) is 12.1. The first-order valence-electron chi connectivity index (χ1n) is 4.72. The number of benzene rings is 1. The number of hydrogen-bond donors (Lipinski definition) is 1. The number of hydrogen-bond acceptors (Lipinski definition) is 4. The Bertz CT molecular complexity index is 448. The lowest BCUT2D eigenvalue weighted by molar-refractivity contribution is -0.150. The molecule has 1 aromatic carbocycles. The number of rotatable bonds is 3. The Morgan fingerprint density at radius 3 is 2.59 bits per heavy atom. The minimum Gasteiger partial charge on any atom is -0.496 e. The summed E-state index contributed by atoms with van der Waals surface area (Å²) in [5.41, 5.74) is 0.503. The summed E-state index contributed by atoms with van der Waals surface area (Å²) in [5, 5.41) is 9.78. The van der Waals surface area contributed by atoms with Gasteiger partial charge in [-0.2, -0.15) is 0 Å². The Balaban J connectivity index is 3.44. The van der Waals surface area contributed by atoms with Crippen molar-refractivity contribution in [2.75, 3.05) is 14.2 Å². The van der Waals surface area contributed by atoms with E-state index in [0.29, 0.717) is 5.56 Å². The van der Waals surface area contributed by atoms with Gasteiger partial charge in [0.15, 0.2) is 6.10 Å². The van der Waals surface area contributed by atoms with E-state index in [0.717, 1.165) is 7.11 Å². The van der Waals surface area contributed by atoms with Crippen LogP contribution in [0.15, 0.2) is 10.5 Å². The zero-order valence-electron chi connectivity index (χ0n) is 9.58. The molecule has 0 heterocycles. The highest BCUT2D eigenvalue weighted by molar-refractivity contribution is 9.10. The van der Waals surface area contributed by atoms with Crippen LogP contribution >= 0.6 is 15.9 Å². The van der Waals surface area contributed by atoms with Crippen molar-refractivity contribution in [1.82, 2.24) is 0 Å². The van der Waals surface area contributed by atoms with Crippen LogP contribution in [0.2, 0.25) is 0 Å². The van der Waals surface area contributed by atoms with E-state index in [1.807, 2.05) is 0 Å². The van der Waals surface area contributed by atoms with Crippen molar-refractivity contribution in [3.63, 3.8) is 0 Å². The summed E-state index contributed by atoms with van der Waals surface area (Å²) >= 11 is 2.98. The third-order valence-electron chi connectivity index (χ3n) is 2.29. The zero-order valence-corrected chi connectivity index (χ0v) is 11.2. The van der Waals surface area contributed by atoms with Gasteiger partial charge in [-0.25, -0.2) is 9.18 Å². The fourth-order valence-corrected chi connectivity index (χ4v) is 2.02. The van der Waals surface area contributed by atoms with Crippen molar-refractivity contribution in [1.29, 1.82) is 0 Å². The summed E-state index contributed by atoms with van der Waals surface area (Å²) in [7, 11) is 2.51. The standard InChI is InChI=1S/C11H12BrFO4/c1-5-4-6(13)8(12)7(10(5)16-2)9(14)11(15)17-3/h4,9,14H,1-3H3. The Kier molecular flexibility index (Phi) is 4.47. The van der Waals surface area contributed by atoms with Gasteiger partial charge in [0.2, 0.25) is 0 Å². The second kappa shape index (κ2) is 5.46. The molecule has 0 saturated heterocycles. The Labute approximate surface area is 106 Å². The van der Waals surface area contributed by atoms with Crippen molar-refractivity contribution in [2.45, 2.75) is 13.0 Å². The minimum atomic E-state index is -1.60. The van der Waals surface area contributed by atoms with E-state index in [1.54, 1.807) is 6.92 Å². The van der Waals surface area contributed by atoms with Crippen LogP contribution in [0, 0.1) is 12.7 Å². The van der Waals surface area contributed by atoms with Gasteiger partial charge in [-0.3, -0.25) is 0 Å². The third kappa shape index (κ3) is 2.58. The fraction of sp³-hybridized carbons (Fsp3) is 0.364. The molecule has 0 aromatic heterocycles. The number of carbonyl (C=O) groups is 1. The number of aryl methyl sites for hydroxylation is 1. The molecule has 0 radical (unpaired) electrons. The van der Waals surface area contributed by atoms with Crippen LogP contribution in [0.5, 0.6) is 5.75 Å². The maximum Gasteiger partial charge on any atom is 0.339 e. The molecule has 6 heteroatoms. The first-order chi connectivity index (χ1) is 7.93. The minimum absolute atomic E-state index is 0.0159. The van der Waals surface area contributed by atoms with Gasteiger partial charge in [0.1, 0.15) is 11.6 Å². The molecule has 94 valence electrons. The number of esters is 1. The molecule has 1 aromatic rings. The van der Waals surface area contributed by atoms with Crippen LogP contribution in [0.1, 0.15) is 17.2 Å². The average molecular weight is 307 g/mol. The molecular formula is C11H12BrFO4. The molecule has 1 rings (SSSR count). The van der Waals surface area contributed by atoms with Gasteiger partial charge < -0.3 is 14.6 Å². The number of carbonyl (C=O) groups excluding carboxylic acids is 1. The SMILES string of the molecule is COC(=O)C(O)c1c(Br)c(F)cc(C)c1OC. The van der Waals surface area contributed by atoms with E-state index < -0.39 is 17.9 Å². The lowest BCUT2D eigenvalue weighted by atomic mass is 10.0. The molecule has 1 unspecified atom stereocenters. The first kappa shape index (κ1) is 13.9. The van der Waals surface area contributed by atoms with Gasteiger partial charge in [0.25, 0.3) is 0 Å². The van der Waals surface area contributed by atoms with E-state index in [1.165, 1.54) is 13.2 Å². The molecule has 4 nitrogen and oxygen atoms in total. The van der Waals surface area contributed by atoms with Crippen molar-refractivity contribution < 1.29 is 23.8 Å². The number of aliphatic hydroxyl groups is 1. The molecule has 1 atom stereocenters. The Morgan fingerprint density at radius 2 is 2.12 bits per heavy atom. The second-order valence-corrected chi connectivity index (χ2v) is 4.15. The van der Waals surface area contributed by atoms with Crippen molar-refractivity contribution in [2.24, 2.45) is 0 Å². The van der Waals surface area contributed by atoms with Gasteiger partial charge in [-0.05, 0) is 34.5 Å². The predicted molar refractivity (Wildman–Crippen MR) is 62.4 cm³/mol. The van der Waals surface area contributed by atoms with E-state index in [9.17, 15) is 14.3 Å². The van der Waals surface area contributed by atoms with Crippen LogP contribution < -0.4 is 4.74 Å². The maximum absolute atomic E-state index is 13.5. The largest absolute Gasteiger partial charge is 0.496 e. The molecular weight excluding hydrogens is 295 g/mol. The van der Waals surface area contributed by atoms with Crippen molar-refractivity contribution in [3.8, 4) is 5.75 Å². The van der Waals surface area contributed by atoms with Crippen LogP contribution in [-0.2, 0) is 9.53 Å². The van der Waals surface area contributed by atoms with Gasteiger partial charge >= 0.3 is 5.97 Å². The smallest absolute Gasteiger partial charge is 0.339 e. The number of aliphatic hydroxyl groups excluding tert-OH is 1. The Hall–Kier alpha value is -1.14. The fourth-order valence-electron chi connectivity index (χ4n) is 1.50. The third-order valence-corrected chi connectivity index (χ3v) is 3.10. The lowest BCUT2D eigenvalue weighted by Crippen LogP contribution is -2.16. The summed E-state index contributed by atoms with van der Waals surface area (Å²) in [6, 6.07) is 1.25. The van der Waals surface area contributed by atoms with Gasteiger partial charge in [0, 0.05) is 0 Å². The van der Waals surface area contributed by atoms with Crippen LogP contribution in [0.25, 0.3) is 0 Å². The second-order valence-electron chi connectivity index (χ2n) is 3.36. The van der Waals surface area contributed by atoms with Gasteiger partial charge in [0.05, 0.1) is 24.3 Å². The monoisotopic (exact) mass is 306 g/mol. The van der Waals surface area contributed by atoms with E-state index in [2.05, 4.69) is 20.7 Å². The van der Waals surface area contributed by atoms with E-state index in [-0.39, 0.29) is 15.8 Å².